The number of nitrogens with two attached hydrogens (primary N) is 1. The topological polar surface area (TPSA) is 42.2 Å². The first kappa shape index (κ1) is 12.5. The fourth-order valence-corrected chi connectivity index (χ4v) is 2.58. The summed E-state index contributed by atoms with van der Waals surface area (Å²) >= 11 is 5.04. The lowest BCUT2D eigenvalue weighted by Crippen LogP contribution is -2.37. The average molecular weight is 249 g/mol. The molecular formula is C13H19N3S. The highest BCUT2D eigenvalue weighted by Crippen LogP contribution is 2.20. The molecule has 1 atom stereocenters. The van der Waals surface area contributed by atoms with Gasteiger partial charge in [0.2, 0.25) is 0 Å². The van der Waals surface area contributed by atoms with Gasteiger partial charge in [-0.05, 0) is 37.9 Å². The summed E-state index contributed by atoms with van der Waals surface area (Å²) in [6, 6.07) is 4.66. The molecule has 4 heteroatoms. The SMILES string of the molecule is CC1CCCCN1Cc1cccnc1C(N)=S. The van der Waals surface area contributed by atoms with Crippen molar-refractivity contribution < 1.29 is 0 Å². The van der Waals surface area contributed by atoms with Gasteiger partial charge in [-0.3, -0.25) is 9.88 Å². The van der Waals surface area contributed by atoms with Crippen molar-refractivity contribution in [1.29, 1.82) is 0 Å². The molecule has 0 spiro atoms. The predicted octanol–water partition coefficient (Wildman–Crippen LogP) is 2.09. The van der Waals surface area contributed by atoms with Gasteiger partial charge in [0.05, 0.1) is 0 Å². The van der Waals surface area contributed by atoms with Crippen LogP contribution in [0.3, 0.4) is 0 Å². The van der Waals surface area contributed by atoms with E-state index in [1.165, 1.54) is 19.3 Å². The van der Waals surface area contributed by atoms with Crippen molar-refractivity contribution >= 4 is 17.2 Å². The fourth-order valence-electron chi connectivity index (χ4n) is 2.40. The number of likely N-dealkylation sites (tertiary alicyclic amines) is 1. The summed E-state index contributed by atoms with van der Waals surface area (Å²) < 4.78 is 0. The minimum atomic E-state index is 0.394. The van der Waals surface area contributed by atoms with Crippen LogP contribution in [0.4, 0.5) is 0 Å². The Kier molecular flexibility index (Phi) is 4.07. The largest absolute Gasteiger partial charge is 0.388 e. The van der Waals surface area contributed by atoms with E-state index in [-0.39, 0.29) is 0 Å². The maximum Gasteiger partial charge on any atom is 0.123 e. The lowest BCUT2D eigenvalue weighted by molar-refractivity contribution is 0.152. The Hall–Kier alpha value is -1.00. The first-order chi connectivity index (χ1) is 8.18. The van der Waals surface area contributed by atoms with E-state index in [0.717, 1.165) is 24.3 Å². The predicted molar refractivity (Wildman–Crippen MR) is 73.8 cm³/mol. The van der Waals surface area contributed by atoms with E-state index in [4.69, 9.17) is 18.0 Å². The number of pyridine rings is 1. The molecule has 92 valence electrons. The third-order valence-corrected chi connectivity index (χ3v) is 3.63. The molecule has 1 saturated heterocycles. The fraction of sp³-hybridized carbons (Fsp3) is 0.538. The van der Waals surface area contributed by atoms with Crippen LogP contribution in [0.25, 0.3) is 0 Å². The van der Waals surface area contributed by atoms with Gasteiger partial charge in [-0.1, -0.05) is 24.7 Å². The summed E-state index contributed by atoms with van der Waals surface area (Å²) in [6.45, 7) is 4.35. The smallest absolute Gasteiger partial charge is 0.123 e. The van der Waals surface area contributed by atoms with Crippen molar-refractivity contribution in [3.8, 4) is 0 Å². The van der Waals surface area contributed by atoms with Gasteiger partial charge in [-0.15, -0.1) is 0 Å². The maximum absolute atomic E-state index is 5.70. The second-order valence-electron chi connectivity index (χ2n) is 4.69. The van der Waals surface area contributed by atoms with Gasteiger partial charge in [0, 0.05) is 18.8 Å². The lowest BCUT2D eigenvalue weighted by Gasteiger charge is -2.33. The monoisotopic (exact) mass is 249 g/mol. The molecular weight excluding hydrogens is 230 g/mol. The van der Waals surface area contributed by atoms with Gasteiger partial charge >= 0.3 is 0 Å². The van der Waals surface area contributed by atoms with E-state index < -0.39 is 0 Å². The normalized spacial score (nSPS) is 21.4. The molecule has 1 aliphatic rings. The van der Waals surface area contributed by atoms with Crippen molar-refractivity contribution in [1.82, 2.24) is 9.88 Å². The Morgan fingerprint density at radius 2 is 2.41 bits per heavy atom. The van der Waals surface area contributed by atoms with Gasteiger partial charge in [0.15, 0.2) is 0 Å². The summed E-state index contributed by atoms with van der Waals surface area (Å²) in [4.78, 5) is 7.16. The number of rotatable bonds is 3. The van der Waals surface area contributed by atoms with Gasteiger partial charge < -0.3 is 5.73 Å². The van der Waals surface area contributed by atoms with Crippen LogP contribution in [0.5, 0.6) is 0 Å². The summed E-state index contributed by atoms with van der Waals surface area (Å²) in [5, 5.41) is 0. The van der Waals surface area contributed by atoms with Gasteiger partial charge in [-0.2, -0.15) is 0 Å². The highest BCUT2D eigenvalue weighted by molar-refractivity contribution is 7.80. The molecule has 1 aromatic heterocycles. The Morgan fingerprint density at radius 3 is 3.12 bits per heavy atom. The van der Waals surface area contributed by atoms with E-state index in [1.807, 2.05) is 6.07 Å². The molecule has 17 heavy (non-hydrogen) atoms. The maximum atomic E-state index is 5.70. The van der Waals surface area contributed by atoms with E-state index in [2.05, 4.69) is 22.9 Å². The molecule has 1 fully saturated rings. The molecule has 1 unspecified atom stereocenters. The molecule has 0 saturated carbocycles. The number of hydrogen-bond acceptors (Lipinski definition) is 3. The van der Waals surface area contributed by atoms with Crippen molar-refractivity contribution in [3.63, 3.8) is 0 Å². The van der Waals surface area contributed by atoms with Gasteiger partial charge in [-0.25, -0.2) is 0 Å². The lowest BCUT2D eigenvalue weighted by atomic mass is 10.0. The molecule has 2 rings (SSSR count). The highest BCUT2D eigenvalue weighted by atomic mass is 32.1. The summed E-state index contributed by atoms with van der Waals surface area (Å²) in [6.07, 6.45) is 5.65. The van der Waals surface area contributed by atoms with E-state index >= 15 is 0 Å². The van der Waals surface area contributed by atoms with E-state index in [0.29, 0.717) is 11.0 Å². The Morgan fingerprint density at radius 1 is 1.59 bits per heavy atom. The zero-order valence-corrected chi connectivity index (χ0v) is 11.0. The molecule has 0 radical (unpaired) electrons. The quantitative estimate of drug-likeness (QED) is 0.833. The summed E-state index contributed by atoms with van der Waals surface area (Å²) in [5.74, 6) is 0. The molecule has 0 aromatic carbocycles. The molecule has 2 N–H and O–H groups in total. The van der Waals surface area contributed by atoms with Crippen LogP contribution in [-0.4, -0.2) is 27.5 Å². The van der Waals surface area contributed by atoms with E-state index in [9.17, 15) is 0 Å². The number of piperidine rings is 1. The highest BCUT2D eigenvalue weighted by Gasteiger charge is 2.19. The molecule has 1 aliphatic heterocycles. The van der Waals surface area contributed by atoms with Crippen LogP contribution in [-0.2, 0) is 6.54 Å². The molecule has 1 aromatic rings. The van der Waals surface area contributed by atoms with Gasteiger partial charge in [0.1, 0.15) is 10.7 Å². The molecule has 0 amide bonds. The Labute approximate surface area is 108 Å². The van der Waals surface area contributed by atoms with Crippen molar-refractivity contribution in [3.05, 3.63) is 29.6 Å². The standard InChI is InChI=1S/C13H19N3S/c1-10-5-2-3-8-16(10)9-11-6-4-7-15-12(11)13(14)17/h4,6-7,10H,2-3,5,8-9H2,1H3,(H2,14,17). The molecule has 0 aliphatic carbocycles. The second-order valence-corrected chi connectivity index (χ2v) is 5.13. The van der Waals surface area contributed by atoms with Crippen LogP contribution in [0.2, 0.25) is 0 Å². The van der Waals surface area contributed by atoms with Crippen LogP contribution in [0.1, 0.15) is 37.4 Å². The first-order valence-electron chi connectivity index (χ1n) is 6.16. The molecule has 0 bridgehead atoms. The van der Waals surface area contributed by atoms with Crippen LogP contribution >= 0.6 is 12.2 Å². The molecule has 3 nitrogen and oxygen atoms in total. The number of hydrogen-bond donors (Lipinski definition) is 1. The minimum Gasteiger partial charge on any atom is -0.388 e. The van der Waals surface area contributed by atoms with Crippen LogP contribution < -0.4 is 5.73 Å². The van der Waals surface area contributed by atoms with Crippen molar-refractivity contribution in [2.75, 3.05) is 6.54 Å². The van der Waals surface area contributed by atoms with Crippen molar-refractivity contribution in [2.24, 2.45) is 5.73 Å². The number of thiocarbonyl (C=S) groups is 1. The van der Waals surface area contributed by atoms with Crippen LogP contribution in [0, 0.1) is 0 Å². The van der Waals surface area contributed by atoms with Crippen LogP contribution in [0.15, 0.2) is 18.3 Å². The number of aromatic nitrogens is 1. The Balaban J connectivity index is 2.14. The zero-order valence-electron chi connectivity index (χ0n) is 10.2. The first-order valence-corrected chi connectivity index (χ1v) is 6.57. The molecule has 2 heterocycles. The second kappa shape index (κ2) is 5.56. The average Bonchev–Trinajstić information content (AvgIpc) is 2.32. The zero-order chi connectivity index (χ0) is 12.3. The minimum absolute atomic E-state index is 0.394. The summed E-state index contributed by atoms with van der Waals surface area (Å²) in [5.41, 5.74) is 7.63. The van der Waals surface area contributed by atoms with Gasteiger partial charge in [0.25, 0.3) is 0 Å². The summed E-state index contributed by atoms with van der Waals surface area (Å²) in [7, 11) is 0. The number of nitrogens with zero attached hydrogens (tertiary/aromatic N) is 2. The Bertz CT molecular complexity index is 405. The van der Waals surface area contributed by atoms with Crippen molar-refractivity contribution in [2.45, 2.75) is 38.8 Å². The third kappa shape index (κ3) is 3.01. The third-order valence-electron chi connectivity index (χ3n) is 3.44. The van der Waals surface area contributed by atoms with E-state index in [1.54, 1.807) is 6.20 Å².